The molecule has 0 aliphatic heterocycles. The van der Waals surface area contributed by atoms with Gasteiger partial charge in [-0.3, -0.25) is 0 Å². The van der Waals surface area contributed by atoms with Crippen molar-refractivity contribution in [2.24, 2.45) is 0 Å². The zero-order valence-corrected chi connectivity index (χ0v) is 11.0. The lowest BCUT2D eigenvalue weighted by Gasteiger charge is -2.19. The second-order valence-corrected chi connectivity index (χ2v) is 4.71. The molecule has 0 amide bonds. The Bertz CT molecular complexity index is 408. The van der Waals surface area contributed by atoms with Crippen molar-refractivity contribution < 1.29 is 17.6 Å². The molecule has 1 aromatic carbocycles. The minimum Gasteiger partial charge on any atom is -0.313 e. The summed E-state index contributed by atoms with van der Waals surface area (Å²) in [4.78, 5) is 0. The highest BCUT2D eigenvalue weighted by Gasteiger charge is 2.33. The number of benzene rings is 1. The van der Waals surface area contributed by atoms with Gasteiger partial charge in [0.05, 0.1) is 11.4 Å². The van der Waals surface area contributed by atoms with E-state index in [1.54, 1.807) is 0 Å². The van der Waals surface area contributed by atoms with E-state index in [0.717, 1.165) is 6.07 Å². The van der Waals surface area contributed by atoms with Crippen LogP contribution in [0, 0.1) is 5.82 Å². The molecular weight excluding hydrogens is 325 g/mol. The minimum atomic E-state index is -4.38. The SMILES string of the molecule is CNC(CC(F)(F)F)c1cc(Cl)c(Br)cc1F. The number of hydrogen-bond donors (Lipinski definition) is 1. The van der Waals surface area contributed by atoms with Crippen LogP contribution in [0.2, 0.25) is 5.02 Å². The lowest BCUT2D eigenvalue weighted by atomic mass is 10.0. The fraction of sp³-hybridized carbons (Fsp3) is 0.400. The van der Waals surface area contributed by atoms with Crippen molar-refractivity contribution in [2.75, 3.05) is 7.05 Å². The largest absolute Gasteiger partial charge is 0.390 e. The average Bonchev–Trinajstić information content (AvgIpc) is 2.19. The molecule has 7 heteroatoms. The molecule has 0 radical (unpaired) electrons. The topological polar surface area (TPSA) is 12.0 Å². The highest BCUT2D eigenvalue weighted by Crippen LogP contribution is 2.34. The van der Waals surface area contributed by atoms with Crippen molar-refractivity contribution in [1.82, 2.24) is 5.32 Å². The molecule has 1 N–H and O–H groups in total. The smallest absolute Gasteiger partial charge is 0.313 e. The molecule has 0 saturated heterocycles. The first-order valence-corrected chi connectivity index (χ1v) is 5.80. The molecular formula is C10H9BrClF4N. The Morgan fingerprint density at radius 2 is 2.00 bits per heavy atom. The van der Waals surface area contributed by atoms with Crippen molar-refractivity contribution in [1.29, 1.82) is 0 Å². The predicted octanol–water partition coefficient (Wildman–Crippen LogP) is 4.45. The highest BCUT2D eigenvalue weighted by atomic mass is 79.9. The maximum atomic E-state index is 13.5. The van der Waals surface area contributed by atoms with Gasteiger partial charge in [-0.05, 0) is 35.1 Å². The third-order valence-electron chi connectivity index (χ3n) is 2.20. The van der Waals surface area contributed by atoms with Gasteiger partial charge in [-0.1, -0.05) is 11.6 Å². The maximum absolute atomic E-state index is 13.5. The summed E-state index contributed by atoms with van der Waals surface area (Å²) in [7, 11) is 1.34. The van der Waals surface area contributed by atoms with Gasteiger partial charge in [-0.25, -0.2) is 4.39 Å². The molecule has 0 aliphatic rings. The lowest BCUT2D eigenvalue weighted by molar-refractivity contribution is -0.140. The number of nitrogens with one attached hydrogen (secondary N) is 1. The summed E-state index contributed by atoms with van der Waals surface area (Å²) in [5, 5.41) is 2.60. The molecule has 0 heterocycles. The molecule has 1 rings (SSSR count). The molecule has 1 atom stereocenters. The highest BCUT2D eigenvalue weighted by molar-refractivity contribution is 9.10. The molecule has 0 bridgehead atoms. The van der Waals surface area contributed by atoms with Gasteiger partial charge < -0.3 is 5.32 Å². The molecule has 0 aromatic heterocycles. The summed E-state index contributed by atoms with van der Waals surface area (Å²) in [5.74, 6) is -0.732. The van der Waals surface area contributed by atoms with Crippen LogP contribution in [0.5, 0.6) is 0 Å². The van der Waals surface area contributed by atoms with Crippen LogP contribution in [-0.2, 0) is 0 Å². The van der Waals surface area contributed by atoms with Crippen LogP contribution in [0.3, 0.4) is 0 Å². The van der Waals surface area contributed by atoms with Crippen LogP contribution in [-0.4, -0.2) is 13.2 Å². The third kappa shape index (κ3) is 4.12. The van der Waals surface area contributed by atoms with Crippen molar-refractivity contribution in [2.45, 2.75) is 18.6 Å². The first kappa shape index (κ1) is 14.7. The summed E-state index contributed by atoms with van der Waals surface area (Å²) in [6.45, 7) is 0. The van der Waals surface area contributed by atoms with Crippen LogP contribution < -0.4 is 5.32 Å². The molecule has 0 fully saturated rings. The third-order valence-corrected chi connectivity index (χ3v) is 3.40. The lowest BCUT2D eigenvalue weighted by Crippen LogP contribution is -2.24. The van der Waals surface area contributed by atoms with Gasteiger partial charge in [0.15, 0.2) is 0 Å². The zero-order valence-electron chi connectivity index (χ0n) is 8.71. The molecule has 1 aromatic rings. The Labute approximate surface area is 109 Å². The summed E-state index contributed by atoms with van der Waals surface area (Å²) in [6.07, 6.45) is -5.53. The van der Waals surface area contributed by atoms with E-state index in [2.05, 4.69) is 21.2 Å². The van der Waals surface area contributed by atoms with Gasteiger partial charge >= 0.3 is 6.18 Å². The quantitative estimate of drug-likeness (QED) is 0.636. The monoisotopic (exact) mass is 333 g/mol. The number of halogens is 6. The number of hydrogen-bond acceptors (Lipinski definition) is 1. The molecule has 0 saturated carbocycles. The summed E-state index contributed by atoms with van der Waals surface area (Å²) in [6, 6.07) is 1.09. The standard InChI is InChI=1S/C10H9BrClF4N/c1-17-9(4-10(14,15)16)5-2-7(12)6(11)3-8(5)13/h2-3,9,17H,4H2,1H3. The molecule has 1 unspecified atom stereocenters. The van der Waals surface area contributed by atoms with Crippen LogP contribution in [0.1, 0.15) is 18.0 Å². The first-order valence-electron chi connectivity index (χ1n) is 4.63. The van der Waals surface area contributed by atoms with Gasteiger partial charge in [-0.15, -0.1) is 0 Å². The fourth-order valence-electron chi connectivity index (χ4n) is 1.40. The van der Waals surface area contributed by atoms with Gasteiger partial charge in [0, 0.05) is 16.1 Å². The Morgan fingerprint density at radius 3 is 2.47 bits per heavy atom. The summed E-state index contributed by atoms with van der Waals surface area (Å²) >= 11 is 8.73. The second-order valence-electron chi connectivity index (χ2n) is 3.45. The molecule has 17 heavy (non-hydrogen) atoms. The minimum absolute atomic E-state index is 0.0991. The van der Waals surface area contributed by atoms with Crippen LogP contribution >= 0.6 is 27.5 Å². The Hall–Kier alpha value is -0.330. The number of alkyl halides is 3. The van der Waals surface area contributed by atoms with E-state index in [9.17, 15) is 17.6 Å². The van der Waals surface area contributed by atoms with E-state index < -0.39 is 24.5 Å². The Balaban J connectivity index is 3.08. The summed E-state index contributed by atoms with van der Waals surface area (Å²) < 4.78 is 50.7. The maximum Gasteiger partial charge on any atom is 0.390 e. The molecule has 1 nitrogen and oxygen atoms in total. The first-order chi connectivity index (χ1) is 7.74. The predicted molar refractivity (Wildman–Crippen MR) is 61.6 cm³/mol. The van der Waals surface area contributed by atoms with E-state index in [4.69, 9.17) is 11.6 Å². The van der Waals surface area contributed by atoms with Crippen molar-refractivity contribution in [3.63, 3.8) is 0 Å². The molecule has 0 aliphatic carbocycles. The van der Waals surface area contributed by atoms with E-state index >= 15 is 0 Å². The second kappa shape index (κ2) is 5.54. The Kier molecular flexibility index (Phi) is 4.80. The fourth-order valence-corrected chi connectivity index (χ4v) is 1.89. The van der Waals surface area contributed by atoms with Crippen LogP contribution in [0.4, 0.5) is 17.6 Å². The molecule has 96 valence electrons. The van der Waals surface area contributed by atoms with E-state index in [0.29, 0.717) is 4.47 Å². The van der Waals surface area contributed by atoms with Crippen molar-refractivity contribution in [3.8, 4) is 0 Å². The summed E-state index contributed by atoms with van der Waals surface area (Å²) in [5.41, 5.74) is -0.0991. The van der Waals surface area contributed by atoms with E-state index in [1.165, 1.54) is 13.1 Å². The number of rotatable bonds is 3. The van der Waals surface area contributed by atoms with Gasteiger partial charge in [-0.2, -0.15) is 13.2 Å². The molecule has 0 spiro atoms. The van der Waals surface area contributed by atoms with Crippen molar-refractivity contribution in [3.05, 3.63) is 33.0 Å². The van der Waals surface area contributed by atoms with Crippen LogP contribution in [0.25, 0.3) is 0 Å². The normalized spacial score (nSPS) is 13.8. The van der Waals surface area contributed by atoms with Gasteiger partial charge in [0.25, 0.3) is 0 Å². The van der Waals surface area contributed by atoms with Crippen LogP contribution in [0.15, 0.2) is 16.6 Å². The average molecular weight is 335 g/mol. The van der Waals surface area contributed by atoms with E-state index in [-0.39, 0.29) is 10.6 Å². The zero-order chi connectivity index (χ0) is 13.2. The van der Waals surface area contributed by atoms with E-state index in [1.807, 2.05) is 0 Å². The van der Waals surface area contributed by atoms with Gasteiger partial charge in [0.1, 0.15) is 5.82 Å². The van der Waals surface area contributed by atoms with Crippen molar-refractivity contribution >= 4 is 27.5 Å². The Morgan fingerprint density at radius 1 is 1.41 bits per heavy atom. The van der Waals surface area contributed by atoms with Gasteiger partial charge in [0.2, 0.25) is 0 Å².